The minimum atomic E-state index is -4.47. The van der Waals surface area contributed by atoms with Gasteiger partial charge in [0.25, 0.3) is 0 Å². The second-order valence-electron chi connectivity index (χ2n) is 7.50. The molecule has 1 amide bonds. The predicted molar refractivity (Wildman–Crippen MR) is 106 cm³/mol. The quantitative estimate of drug-likeness (QED) is 0.575. The number of carbonyl (C=O) groups is 1. The van der Waals surface area contributed by atoms with Crippen molar-refractivity contribution >= 4 is 27.7 Å². The van der Waals surface area contributed by atoms with Gasteiger partial charge in [-0.05, 0) is 64.4 Å². The molecule has 0 saturated heterocycles. The second kappa shape index (κ2) is 7.89. The van der Waals surface area contributed by atoms with Crippen LogP contribution in [0.15, 0.2) is 46.9 Å². The lowest BCUT2D eigenvalue weighted by Crippen LogP contribution is -2.39. The molecule has 4 rings (SSSR count). The van der Waals surface area contributed by atoms with Gasteiger partial charge >= 0.3 is 12.3 Å². The number of rotatable bonds is 4. The van der Waals surface area contributed by atoms with Crippen LogP contribution in [0, 0.1) is 5.92 Å². The fourth-order valence-electron chi connectivity index (χ4n) is 3.70. The van der Waals surface area contributed by atoms with Crippen LogP contribution in [0.5, 0.6) is 0 Å². The first-order chi connectivity index (χ1) is 13.8. The summed E-state index contributed by atoms with van der Waals surface area (Å²) in [6.07, 6.45) is -2.43. The Balaban J connectivity index is 1.55. The topological polar surface area (TPSA) is 50.4 Å². The molecule has 0 bridgehead atoms. The SMILES string of the molecule is O=C(NC1CC(C2CC2)Nc2c(Br)cc(C(F)(F)F)cc21)OCc1ccccc1. The first-order valence-corrected chi connectivity index (χ1v) is 10.2. The monoisotopic (exact) mass is 468 g/mol. The van der Waals surface area contributed by atoms with Crippen molar-refractivity contribution < 1.29 is 22.7 Å². The van der Waals surface area contributed by atoms with Crippen molar-refractivity contribution in [2.45, 2.75) is 44.1 Å². The molecule has 2 aromatic rings. The van der Waals surface area contributed by atoms with E-state index in [1.807, 2.05) is 30.3 Å². The molecule has 1 fully saturated rings. The number of hydrogen-bond acceptors (Lipinski definition) is 3. The van der Waals surface area contributed by atoms with Crippen molar-refractivity contribution in [2.75, 3.05) is 5.32 Å². The zero-order valence-corrected chi connectivity index (χ0v) is 17.0. The normalized spacial score (nSPS) is 21.1. The van der Waals surface area contributed by atoms with Crippen molar-refractivity contribution in [2.24, 2.45) is 5.92 Å². The smallest absolute Gasteiger partial charge is 0.416 e. The summed E-state index contributed by atoms with van der Waals surface area (Å²) in [5, 5.41) is 6.14. The van der Waals surface area contributed by atoms with Crippen LogP contribution in [-0.4, -0.2) is 12.1 Å². The van der Waals surface area contributed by atoms with Crippen LogP contribution in [0.4, 0.5) is 23.7 Å². The highest BCUT2D eigenvalue weighted by Crippen LogP contribution is 2.46. The highest BCUT2D eigenvalue weighted by atomic mass is 79.9. The molecule has 8 heteroatoms. The Morgan fingerprint density at radius 3 is 2.59 bits per heavy atom. The maximum Gasteiger partial charge on any atom is 0.416 e. The van der Waals surface area contributed by atoms with Gasteiger partial charge in [0.1, 0.15) is 6.61 Å². The highest BCUT2D eigenvalue weighted by Gasteiger charge is 2.40. The largest absolute Gasteiger partial charge is 0.445 e. The molecule has 2 atom stereocenters. The second-order valence-corrected chi connectivity index (χ2v) is 8.36. The predicted octanol–water partition coefficient (Wildman–Crippen LogP) is 6.03. The van der Waals surface area contributed by atoms with Gasteiger partial charge in [-0.25, -0.2) is 4.79 Å². The summed E-state index contributed by atoms with van der Waals surface area (Å²) < 4.78 is 45.5. The summed E-state index contributed by atoms with van der Waals surface area (Å²) >= 11 is 3.27. The molecule has 1 heterocycles. The molecule has 0 spiro atoms. The molecule has 2 N–H and O–H groups in total. The van der Waals surface area contributed by atoms with E-state index in [0.29, 0.717) is 28.1 Å². The van der Waals surface area contributed by atoms with Crippen LogP contribution in [-0.2, 0) is 17.5 Å². The van der Waals surface area contributed by atoms with Crippen molar-refractivity contribution in [3.63, 3.8) is 0 Å². The first-order valence-electron chi connectivity index (χ1n) is 9.45. The van der Waals surface area contributed by atoms with E-state index >= 15 is 0 Å². The van der Waals surface area contributed by atoms with E-state index in [4.69, 9.17) is 4.74 Å². The molecule has 0 aromatic heterocycles. The average molecular weight is 469 g/mol. The Bertz CT molecular complexity index is 901. The number of benzene rings is 2. The molecule has 2 aliphatic rings. The number of hydrogen-bond donors (Lipinski definition) is 2. The lowest BCUT2D eigenvalue weighted by molar-refractivity contribution is -0.137. The van der Waals surface area contributed by atoms with Crippen LogP contribution >= 0.6 is 15.9 Å². The summed E-state index contributed by atoms with van der Waals surface area (Å²) in [5.74, 6) is 0.474. The van der Waals surface area contributed by atoms with E-state index < -0.39 is 23.9 Å². The van der Waals surface area contributed by atoms with Gasteiger partial charge in [-0.15, -0.1) is 0 Å². The number of carbonyl (C=O) groups excluding carboxylic acids is 1. The third-order valence-corrected chi connectivity index (χ3v) is 5.96. The average Bonchev–Trinajstić information content (AvgIpc) is 3.52. The number of fused-ring (bicyclic) bond motifs is 1. The van der Waals surface area contributed by atoms with E-state index in [1.165, 1.54) is 0 Å². The molecule has 1 aliphatic carbocycles. The van der Waals surface area contributed by atoms with Crippen LogP contribution < -0.4 is 10.6 Å². The zero-order valence-electron chi connectivity index (χ0n) is 15.4. The summed E-state index contributed by atoms with van der Waals surface area (Å²) in [6, 6.07) is 11.0. The van der Waals surface area contributed by atoms with Gasteiger partial charge in [0.2, 0.25) is 0 Å². The fraction of sp³-hybridized carbons (Fsp3) is 0.381. The first kappa shape index (κ1) is 20.1. The minimum absolute atomic E-state index is 0.100. The molecule has 2 unspecified atom stereocenters. The van der Waals surface area contributed by atoms with Gasteiger partial charge in [-0.3, -0.25) is 0 Å². The Morgan fingerprint density at radius 1 is 1.21 bits per heavy atom. The number of ether oxygens (including phenoxy) is 1. The van der Waals surface area contributed by atoms with Crippen LogP contribution in [0.3, 0.4) is 0 Å². The lowest BCUT2D eigenvalue weighted by atomic mass is 9.89. The molecular formula is C21H20BrF3N2O2. The maximum atomic E-state index is 13.3. The van der Waals surface area contributed by atoms with Gasteiger partial charge < -0.3 is 15.4 Å². The summed E-state index contributed by atoms with van der Waals surface area (Å²) in [6.45, 7) is 0.100. The van der Waals surface area contributed by atoms with Crippen LogP contribution in [0.1, 0.15) is 42.0 Å². The fourth-order valence-corrected chi connectivity index (χ4v) is 4.29. The Morgan fingerprint density at radius 2 is 1.93 bits per heavy atom. The van der Waals surface area contributed by atoms with Gasteiger partial charge in [-0.2, -0.15) is 13.2 Å². The van der Waals surface area contributed by atoms with E-state index in [9.17, 15) is 18.0 Å². The van der Waals surface area contributed by atoms with E-state index in [0.717, 1.165) is 30.5 Å². The van der Waals surface area contributed by atoms with Gasteiger partial charge in [0.15, 0.2) is 0 Å². The van der Waals surface area contributed by atoms with E-state index in [1.54, 1.807) is 0 Å². The zero-order chi connectivity index (χ0) is 20.6. The molecule has 0 radical (unpaired) electrons. The Kier molecular flexibility index (Phi) is 5.46. The van der Waals surface area contributed by atoms with Crippen molar-refractivity contribution in [3.8, 4) is 0 Å². The number of anilines is 1. The number of alkyl halides is 3. The van der Waals surface area contributed by atoms with Crippen molar-refractivity contribution in [1.82, 2.24) is 5.32 Å². The number of amides is 1. The number of nitrogens with one attached hydrogen (secondary N) is 2. The maximum absolute atomic E-state index is 13.3. The minimum Gasteiger partial charge on any atom is -0.445 e. The Labute approximate surface area is 175 Å². The molecule has 1 saturated carbocycles. The van der Waals surface area contributed by atoms with Crippen molar-refractivity contribution in [1.29, 1.82) is 0 Å². The molecule has 1 aliphatic heterocycles. The van der Waals surface area contributed by atoms with E-state index in [-0.39, 0.29) is 12.6 Å². The summed E-state index contributed by atoms with van der Waals surface area (Å²) in [7, 11) is 0. The van der Waals surface area contributed by atoms with E-state index in [2.05, 4.69) is 26.6 Å². The molecule has 4 nitrogen and oxygen atoms in total. The van der Waals surface area contributed by atoms with Crippen LogP contribution in [0.2, 0.25) is 0 Å². The van der Waals surface area contributed by atoms with Gasteiger partial charge in [0.05, 0.1) is 17.3 Å². The van der Waals surface area contributed by atoms with Gasteiger partial charge in [-0.1, -0.05) is 30.3 Å². The molecular weight excluding hydrogens is 449 g/mol. The molecule has 154 valence electrons. The third-order valence-electron chi connectivity index (χ3n) is 5.34. The molecule has 29 heavy (non-hydrogen) atoms. The van der Waals surface area contributed by atoms with Crippen molar-refractivity contribution in [3.05, 3.63) is 63.6 Å². The van der Waals surface area contributed by atoms with Crippen LogP contribution in [0.25, 0.3) is 0 Å². The number of halogens is 4. The highest BCUT2D eigenvalue weighted by molar-refractivity contribution is 9.10. The lowest BCUT2D eigenvalue weighted by Gasteiger charge is -2.35. The summed E-state index contributed by atoms with van der Waals surface area (Å²) in [4.78, 5) is 12.4. The standard InChI is InChI=1S/C21H20BrF3N2O2/c22-16-9-14(21(23,24)25)8-15-18(10-17(13-6-7-13)26-19(15)16)27-20(28)29-11-12-4-2-1-3-5-12/h1-5,8-9,13,17-18,26H,6-7,10-11H2,(H,27,28). The Hall–Kier alpha value is -2.22. The number of alkyl carbamates (subject to hydrolysis) is 1. The summed E-state index contributed by atoms with van der Waals surface area (Å²) in [5.41, 5.74) is 1.11. The third kappa shape index (κ3) is 4.69. The van der Waals surface area contributed by atoms with Gasteiger partial charge in [0, 0.05) is 10.5 Å². The molecule has 2 aromatic carbocycles.